The molecule has 1 unspecified atom stereocenters. The van der Waals surface area contributed by atoms with Gasteiger partial charge < -0.3 is 24.6 Å². The molecule has 1 aliphatic rings. The zero-order chi connectivity index (χ0) is 23.3. The maximum atomic E-state index is 10.4. The normalized spacial score (nSPS) is 13.0. The maximum absolute atomic E-state index is 10.4. The SMILES string of the molecule is CCOc1nc(-c2ccc3c(c2)OCO3)n(-c2ccc(NCC(O)Cc3ccccc3)cc2)n1. The zero-order valence-corrected chi connectivity index (χ0v) is 18.8. The number of aromatic nitrogens is 3. The highest BCUT2D eigenvalue weighted by Crippen LogP contribution is 2.36. The van der Waals surface area contributed by atoms with Gasteiger partial charge in [0, 0.05) is 24.2 Å². The summed E-state index contributed by atoms with van der Waals surface area (Å²) < 4.78 is 18.2. The Morgan fingerprint density at radius 3 is 2.62 bits per heavy atom. The van der Waals surface area contributed by atoms with Gasteiger partial charge in [0.2, 0.25) is 6.79 Å². The van der Waals surface area contributed by atoms with E-state index in [2.05, 4.69) is 15.4 Å². The molecule has 0 saturated heterocycles. The summed E-state index contributed by atoms with van der Waals surface area (Å²) in [6.07, 6.45) is 0.119. The molecule has 0 saturated carbocycles. The first-order chi connectivity index (χ1) is 16.7. The number of aliphatic hydroxyl groups is 1. The van der Waals surface area contributed by atoms with Crippen molar-refractivity contribution in [3.63, 3.8) is 0 Å². The van der Waals surface area contributed by atoms with Crippen LogP contribution in [0.4, 0.5) is 5.69 Å². The van der Waals surface area contributed by atoms with Crippen molar-refractivity contribution in [3.8, 4) is 34.6 Å². The summed E-state index contributed by atoms with van der Waals surface area (Å²) >= 11 is 0. The molecule has 4 aromatic rings. The van der Waals surface area contributed by atoms with Crippen LogP contribution < -0.4 is 19.5 Å². The van der Waals surface area contributed by atoms with Crippen molar-refractivity contribution in [2.75, 3.05) is 25.3 Å². The van der Waals surface area contributed by atoms with Gasteiger partial charge in [0.05, 0.1) is 18.4 Å². The van der Waals surface area contributed by atoms with Crippen LogP contribution in [0.1, 0.15) is 12.5 Å². The van der Waals surface area contributed by atoms with Crippen molar-refractivity contribution in [1.82, 2.24) is 14.8 Å². The van der Waals surface area contributed by atoms with Gasteiger partial charge in [-0.3, -0.25) is 0 Å². The molecule has 8 heteroatoms. The number of nitrogens with one attached hydrogen (secondary N) is 1. The minimum atomic E-state index is -0.483. The van der Waals surface area contributed by atoms with Gasteiger partial charge in [-0.1, -0.05) is 30.3 Å². The monoisotopic (exact) mass is 458 g/mol. The van der Waals surface area contributed by atoms with Gasteiger partial charge in [-0.2, -0.15) is 4.98 Å². The van der Waals surface area contributed by atoms with Crippen molar-refractivity contribution in [1.29, 1.82) is 0 Å². The first-order valence-corrected chi connectivity index (χ1v) is 11.3. The lowest BCUT2D eigenvalue weighted by Gasteiger charge is -2.13. The van der Waals surface area contributed by atoms with E-state index in [-0.39, 0.29) is 6.79 Å². The lowest BCUT2D eigenvalue weighted by Crippen LogP contribution is -2.21. The molecule has 1 aliphatic heterocycles. The predicted octanol–water partition coefficient (Wildman–Crippen LogP) is 4.08. The second kappa shape index (κ2) is 9.84. The van der Waals surface area contributed by atoms with Gasteiger partial charge in [-0.15, -0.1) is 5.10 Å². The first kappa shape index (κ1) is 21.8. The third-order valence-electron chi connectivity index (χ3n) is 5.46. The predicted molar refractivity (Wildman–Crippen MR) is 129 cm³/mol. The molecule has 3 aromatic carbocycles. The van der Waals surface area contributed by atoms with Crippen LogP contribution in [-0.4, -0.2) is 45.9 Å². The van der Waals surface area contributed by atoms with Crippen molar-refractivity contribution >= 4 is 5.69 Å². The van der Waals surface area contributed by atoms with E-state index in [1.54, 1.807) is 4.68 Å². The Balaban J connectivity index is 1.32. The summed E-state index contributed by atoms with van der Waals surface area (Å²) in [5.74, 6) is 2.03. The molecule has 174 valence electrons. The molecule has 0 amide bonds. The topological polar surface area (TPSA) is 90.7 Å². The third-order valence-corrected chi connectivity index (χ3v) is 5.46. The van der Waals surface area contributed by atoms with E-state index in [1.807, 2.05) is 79.7 Å². The maximum Gasteiger partial charge on any atom is 0.336 e. The van der Waals surface area contributed by atoms with E-state index in [1.165, 1.54) is 0 Å². The Kier molecular flexibility index (Phi) is 6.31. The fraction of sp³-hybridized carbons (Fsp3) is 0.231. The number of aliphatic hydroxyl groups excluding tert-OH is 1. The summed E-state index contributed by atoms with van der Waals surface area (Å²) in [6.45, 7) is 3.03. The molecule has 2 heterocycles. The minimum Gasteiger partial charge on any atom is -0.463 e. The van der Waals surface area contributed by atoms with E-state index >= 15 is 0 Å². The van der Waals surface area contributed by atoms with E-state index in [0.717, 1.165) is 22.5 Å². The summed E-state index contributed by atoms with van der Waals surface area (Å²) in [6, 6.07) is 23.8. The van der Waals surface area contributed by atoms with Crippen molar-refractivity contribution in [2.24, 2.45) is 0 Å². The molecule has 0 bridgehead atoms. The van der Waals surface area contributed by atoms with Gasteiger partial charge in [0.1, 0.15) is 0 Å². The number of benzene rings is 3. The molecule has 34 heavy (non-hydrogen) atoms. The summed E-state index contributed by atoms with van der Waals surface area (Å²) in [4.78, 5) is 4.58. The average molecular weight is 459 g/mol. The van der Waals surface area contributed by atoms with E-state index in [4.69, 9.17) is 14.2 Å². The number of fused-ring (bicyclic) bond motifs is 1. The minimum absolute atomic E-state index is 0.212. The van der Waals surface area contributed by atoms with Crippen LogP contribution in [0.15, 0.2) is 72.8 Å². The van der Waals surface area contributed by atoms with Gasteiger partial charge in [-0.05, 0) is 55.0 Å². The molecule has 8 nitrogen and oxygen atoms in total. The molecule has 5 rings (SSSR count). The number of ether oxygens (including phenoxy) is 3. The second-order valence-electron chi connectivity index (χ2n) is 7.90. The Morgan fingerprint density at radius 2 is 1.82 bits per heavy atom. The number of hydrogen-bond donors (Lipinski definition) is 2. The van der Waals surface area contributed by atoms with Crippen LogP contribution in [0.2, 0.25) is 0 Å². The van der Waals surface area contributed by atoms with Crippen LogP contribution in [0.3, 0.4) is 0 Å². The molecule has 1 aromatic heterocycles. The quantitative estimate of drug-likeness (QED) is 0.391. The third kappa shape index (κ3) is 4.82. The average Bonchev–Trinajstić information content (AvgIpc) is 3.51. The molecule has 0 fully saturated rings. The Bertz CT molecular complexity index is 1240. The summed E-state index contributed by atoms with van der Waals surface area (Å²) in [5.41, 5.74) is 3.69. The Hall–Kier alpha value is -4.04. The van der Waals surface area contributed by atoms with E-state index < -0.39 is 6.10 Å². The molecular weight excluding hydrogens is 432 g/mol. The molecule has 0 aliphatic carbocycles. The van der Waals surface area contributed by atoms with Crippen LogP contribution in [0.5, 0.6) is 17.5 Å². The number of nitrogens with zero attached hydrogens (tertiary/aromatic N) is 3. The Labute approximate surface area is 197 Å². The van der Waals surface area contributed by atoms with Crippen molar-refractivity contribution < 1.29 is 19.3 Å². The highest BCUT2D eigenvalue weighted by Gasteiger charge is 2.19. The molecule has 2 N–H and O–H groups in total. The molecular formula is C26H26N4O4. The summed E-state index contributed by atoms with van der Waals surface area (Å²) in [7, 11) is 0. The van der Waals surface area contributed by atoms with Crippen molar-refractivity contribution in [3.05, 3.63) is 78.4 Å². The fourth-order valence-electron chi connectivity index (χ4n) is 3.80. The largest absolute Gasteiger partial charge is 0.463 e. The van der Waals surface area contributed by atoms with Gasteiger partial charge in [0.15, 0.2) is 17.3 Å². The lowest BCUT2D eigenvalue weighted by molar-refractivity contribution is 0.174. The van der Waals surface area contributed by atoms with Gasteiger partial charge >= 0.3 is 6.01 Å². The zero-order valence-electron chi connectivity index (χ0n) is 18.8. The molecule has 0 spiro atoms. The second-order valence-corrected chi connectivity index (χ2v) is 7.90. The van der Waals surface area contributed by atoms with Crippen LogP contribution in [0, 0.1) is 0 Å². The van der Waals surface area contributed by atoms with E-state index in [0.29, 0.717) is 42.9 Å². The van der Waals surface area contributed by atoms with Crippen molar-refractivity contribution in [2.45, 2.75) is 19.4 Å². The van der Waals surface area contributed by atoms with Crippen LogP contribution in [0.25, 0.3) is 17.1 Å². The Morgan fingerprint density at radius 1 is 1.03 bits per heavy atom. The number of rotatable bonds is 9. The first-order valence-electron chi connectivity index (χ1n) is 11.3. The van der Waals surface area contributed by atoms with Gasteiger partial charge in [-0.25, -0.2) is 4.68 Å². The number of anilines is 1. The highest BCUT2D eigenvalue weighted by atomic mass is 16.7. The molecule has 1 atom stereocenters. The van der Waals surface area contributed by atoms with Gasteiger partial charge in [0.25, 0.3) is 0 Å². The standard InChI is InChI=1S/C26H26N4O4/c1-2-32-26-28-25(19-8-13-23-24(15-19)34-17-33-23)30(29-26)21-11-9-20(10-12-21)27-16-22(31)14-18-6-4-3-5-7-18/h3-13,15,22,27,31H,2,14,16-17H2,1H3. The fourth-order valence-corrected chi connectivity index (χ4v) is 3.80. The lowest BCUT2D eigenvalue weighted by atomic mass is 10.1. The number of hydrogen-bond acceptors (Lipinski definition) is 7. The highest BCUT2D eigenvalue weighted by molar-refractivity contribution is 5.64. The smallest absolute Gasteiger partial charge is 0.336 e. The van der Waals surface area contributed by atoms with Crippen LogP contribution >= 0.6 is 0 Å². The molecule has 0 radical (unpaired) electrons. The summed E-state index contributed by atoms with van der Waals surface area (Å²) in [5, 5.41) is 18.2. The van der Waals surface area contributed by atoms with E-state index in [9.17, 15) is 5.11 Å². The van der Waals surface area contributed by atoms with Crippen LogP contribution in [-0.2, 0) is 6.42 Å².